The molecule has 1 aromatic carbocycles. The number of nitrogens with one attached hydrogen (secondary N) is 1. The lowest BCUT2D eigenvalue weighted by molar-refractivity contribution is 0.599. The van der Waals surface area contributed by atoms with Crippen molar-refractivity contribution in [3.8, 4) is 0 Å². The Kier molecular flexibility index (Phi) is 4.32. The van der Waals surface area contributed by atoms with Gasteiger partial charge in [0.1, 0.15) is 5.82 Å². The number of anilines is 1. The number of hydrogen-bond donors (Lipinski definition) is 1. The summed E-state index contributed by atoms with van der Waals surface area (Å²) in [4.78, 5) is 0. The lowest BCUT2D eigenvalue weighted by Crippen LogP contribution is -2.16. The summed E-state index contributed by atoms with van der Waals surface area (Å²) in [7, 11) is -3.29. The molecule has 84 valence electrons. The van der Waals surface area contributed by atoms with Crippen molar-refractivity contribution in [3.63, 3.8) is 0 Å². The van der Waals surface area contributed by atoms with Crippen LogP contribution in [0.4, 0.5) is 10.1 Å². The summed E-state index contributed by atoms with van der Waals surface area (Å²) in [6, 6.07) is 4.11. The van der Waals surface area contributed by atoms with Gasteiger partial charge in [-0.15, -0.1) is 0 Å². The molecule has 0 aliphatic rings. The van der Waals surface area contributed by atoms with Crippen molar-refractivity contribution in [2.75, 3.05) is 10.5 Å². The van der Waals surface area contributed by atoms with Crippen LogP contribution in [0.2, 0.25) is 0 Å². The molecule has 0 amide bonds. The van der Waals surface area contributed by atoms with Gasteiger partial charge in [0.15, 0.2) is 0 Å². The van der Waals surface area contributed by atoms with Crippen LogP contribution in [0.5, 0.6) is 0 Å². The molecule has 0 heterocycles. The van der Waals surface area contributed by atoms with E-state index in [1.165, 1.54) is 18.2 Å². The summed E-state index contributed by atoms with van der Waals surface area (Å²) in [6.07, 6.45) is 0.549. The maximum atomic E-state index is 12.9. The quantitative estimate of drug-likeness (QED) is 0.855. The zero-order valence-electron chi connectivity index (χ0n) is 8.13. The van der Waals surface area contributed by atoms with Crippen LogP contribution in [0, 0.1) is 9.39 Å². The standard InChI is InChI=1S/C9H11FINO2S/c1-2-5-15(13,14)12-7-3-4-8(10)9(11)6-7/h3-4,6,12H,2,5H2,1H3. The first-order valence-corrected chi connectivity index (χ1v) is 7.13. The van der Waals surface area contributed by atoms with Crippen LogP contribution < -0.4 is 4.72 Å². The molecule has 0 radical (unpaired) electrons. The smallest absolute Gasteiger partial charge is 0.232 e. The van der Waals surface area contributed by atoms with Crippen molar-refractivity contribution in [1.29, 1.82) is 0 Å². The summed E-state index contributed by atoms with van der Waals surface area (Å²) in [5.74, 6) is -0.282. The van der Waals surface area contributed by atoms with Crippen LogP contribution in [0.25, 0.3) is 0 Å². The molecule has 0 bridgehead atoms. The van der Waals surface area contributed by atoms with Gasteiger partial charge in [-0.1, -0.05) is 6.92 Å². The lowest BCUT2D eigenvalue weighted by Gasteiger charge is -2.07. The Hall–Kier alpha value is -0.370. The molecule has 0 saturated carbocycles. The van der Waals surface area contributed by atoms with Gasteiger partial charge in [0.2, 0.25) is 10.0 Å². The highest BCUT2D eigenvalue weighted by atomic mass is 127. The number of sulfonamides is 1. The number of rotatable bonds is 4. The molecule has 1 rings (SSSR count). The first-order valence-electron chi connectivity index (χ1n) is 4.40. The van der Waals surface area contributed by atoms with Crippen LogP contribution in [-0.4, -0.2) is 14.2 Å². The van der Waals surface area contributed by atoms with Crippen LogP contribution in [0.1, 0.15) is 13.3 Å². The Labute approximate surface area is 102 Å². The molecule has 0 aliphatic carbocycles. The van der Waals surface area contributed by atoms with Crippen molar-refractivity contribution in [2.45, 2.75) is 13.3 Å². The Morgan fingerprint density at radius 1 is 1.47 bits per heavy atom. The molecule has 0 atom stereocenters. The molecule has 0 saturated heterocycles. The van der Waals surface area contributed by atoms with Gasteiger partial charge in [-0.2, -0.15) is 0 Å². The maximum Gasteiger partial charge on any atom is 0.232 e. The largest absolute Gasteiger partial charge is 0.284 e. The minimum Gasteiger partial charge on any atom is -0.284 e. The third-order valence-electron chi connectivity index (χ3n) is 1.67. The third kappa shape index (κ3) is 3.94. The van der Waals surface area contributed by atoms with Crippen LogP contribution in [0.15, 0.2) is 18.2 Å². The average Bonchev–Trinajstić information content (AvgIpc) is 2.10. The van der Waals surface area contributed by atoms with Crippen LogP contribution in [-0.2, 0) is 10.0 Å². The van der Waals surface area contributed by atoms with Gasteiger partial charge in [-0.3, -0.25) is 4.72 Å². The molecular formula is C9H11FINO2S. The van der Waals surface area contributed by atoms with Gasteiger partial charge < -0.3 is 0 Å². The minimum atomic E-state index is -3.29. The molecule has 1 aromatic rings. The van der Waals surface area contributed by atoms with Crippen molar-refractivity contribution >= 4 is 38.3 Å². The molecule has 0 aromatic heterocycles. The number of hydrogen-bond acceptors (Lipinski definition) is 2. The van der Waals surface area contributed by atoms with E-state index in [4.69, 9.17) is 0 Å². The predicted molar refractivity (Wildman–Crippen MR) is 66.8 cm³/mol. The molecule has 6 heteroatoms. The fraction of sp³-hybridized carbons (Fsp3) is 0.333. The fourth-order valence-electron chi connectivity index (χ4n) is 1.06. The van der Waals surface area contributed by atoms with Crippen molar-refractivity contribution in [1.82, 2.24) is 0 Å². The van der Waals surface area contributed by atoms with E-state index in [0.717, 1.165) is 0 Å². The number of benzene rings is 1. The second kappa shape index (κ2) is 5.11. The Balaban J connectivity index is 2.86. The van der Waals surface area contributed by atoms with Gasteiger partial charge >= 0.3 is 0 Å². The molecular weight excluding hydrogens is 332 g/mol. The highest BCUT2D eigenvalue weighted by molar-refractivity contribution is 14.1. The molecule has 1 N–H and O–H groups in total. The summed E-state index contributed by atoms with van der Waals surface area (Å²) >= 11 is 1.81. The Morgan fingerprint density at radius 2 is 2.13 bits per heavy atom. The summed E-state index contributed by atoms with van der Waals surface area (Å²) in [5.41, 5.74) is 0.397. The van der Waals surface area contributed by atoms with E-state index in [1.54, 1.807) is 6.92 Å². The highest BCUT2D eigenvalue weighted by Gasteiger charge is 2.09. The third-order valence-corrected chi connectivity index (χ3v) is 3.98. The molecule has 0 fully saturated rings. The van der Waals surface area contributed by atoms with Crippen LogP contribution >= 0.6 is 22.6 Å². The zero-order chi connectivity index (χ0) is 11.5. The summed E-state index contributed by atoms with van der Waals surface area (Å²) in [5, 5.41) is 0. The van der Waals surface area contributed by atoms with Crippen molar-refractivity contribution in [3.05, 3.63) is 27.6 Å². The number of halogens is 2. The molecule has 0 aliphatic heterocycles. The van der Waals surface area contributed by atoms with E-state index in [9.17, 15) is 12.8 Å². The van der Waals surface area contributed by atoms with Gasteiger partial charge in [0.25, 0.3) is 0 Å². The first-order chi connectivity index (χ1) is 6.94. The van der Waals surface area contributed by atoms with E-state index < -0.39 is 10.0 Å². The SMILES string of the molecule is CCCS(=O)(=O)Nc1ccc(F)c(I)c1. The maximum absolute atomic E-state index is 12.9. The zero-order valence-corrected chi connectivity index (χ0v) is 11.1. The monoisotopic (exact) mass is 343 g/mol. The van der Waals surface area contributed by atoms with E-state index in [2.05, 4.69) is 4.72 Å². The van der Waals surface area contributed by atoms with Gasteiger partial charge in [-0.05, 0) is 47.2 Å². The fourth-order valence-corrected chi connectivity index (χ4v) is 2.70. The molecule has 3 nitrogen and oxygen atoms in total. The minimum absolute atomic E-state index is 0.0704. The predicted octanol–water partition coefficient (Wildman–Crippen LogP) is 2.58. The topological polar surface area (TPSA) is 46.2 Å². The van der Waals surface area contributed by atoms with E-state index in [0.29, 0.717) is 15.7 Å². The Bertz CT molecular complexity index is 447. The molecule has 15 heavy (non-hydrogen) atoms. The normalized spacial score (nSPS) is 11.4. The second-order valence-corrected chi connectivity index (χ2v) is 6.05. The van der Waals surface area contributed by atoms with Crippen LogP contribution in [0.3, 0.4) is 0 Å². The van der Waals surface area contributed by atoms with Gasteiger partial charge in [0, 0.05) is 5.69 Å². The average molecular weight is 343 g/mol. The molecule has 0 spiro atoms. The first kappa shape index (κ1) is 12.7. The second-order valence-electron chi connectivity index (χ2n) is 3.05. The van der Waals surface area contributed by atoms with Crippen molar-refractivity contribution in [2.24, 2.45) is 0 Å². The van der Waals surface area contributed by atoms with E-state index >= 15 is 0 Å². The van der Waals surface area contributed by atoms with E-state index in [-0.39, 0.29) is 11.6 Å². The Morgan fingerprint density at radius 3 is 2.67 bits per heavy atom. The summed E-state index contributed by atoms with van der Waals surface area (Å²) in [6.45, 7) is 1.79. The molecule has 0 unspecified atom stereocenters. The summed E-state index contributed by atoms with van der Waals surface area (Å²) < 4.78 is 38.5. The highest BCUT2D eigenvalue weighted by Crippen LogP contribution is 2.17. The van der Waals surface area contributed by atoms with E-state index in [1.807, 2.05) is 22.6 Å². The lowest BCUT2D eigenvalue weighted by atomic mass is 10.3. The van der Waals surface area contributed by atoms with Gasteiger partial charge in [-0.25, -0.2) is 12.8 Å². The van der Waals surface area contributed by atoms with Crippen molar-refractivity contribution < 1.29 is 12.8 Å². The van der Waals surface area contributed by atoms with Gasteiger partial charge in [0.05, 0.1) is 9.32 Å².